The van der Waals surface area contributed by atoms with Gasteiger partial charge in [-0.25, -0.2) is 0 Å². The van der Waals surface area contributed by atoms with Gasteiger partial charge in [0.1, 0.15) is 10.6 Å². The molecule has 0 aromatic heterocycles. The maximum absolute atomic E-state index is 12.3. The van der Waals surface area contributed by atoms with E-state index in [0.29, 0.717) is 6.07 Å². The van der Waals surface area contributed by atoms with E-state index in [-0.39, 0.29) is 6.07 Å². The first kappa shape index (κ1) is 14.8. The molecule has 11 heteroatoms. The summed E-state index contributed by atoms with van der Waals surface area (Å²) in [6.45, 7) is 0. The first-order valence-corrected chi connectivity index (χ1v) is 4.67. The van der Waals surface area contributed by atoms with E-state index < -0.39 is 43.8 Å². The minimum atomic E-state index is -5.41. The van der Waals surface area contributed by atoms with Gasteiger partial charge >= 0.3 is 6.18 Å². The minimum Gasteiger partial charge on any atom is -0.284 e. The molecule has 0 aliphatic rings. The Morgan fingerprint density at radius 2 is 1.68 bits per heavy atom. The van der Waals surface area contributed by atoms with E-state index in [2.05, 4.69) is 0 Å². The highest BCUT2D eigenvalue weighted by Gasteiger charge is 2.44. The van der Waals surface area contributed by atoms with E-state index in [0.717, 1.165) is 0 Å². The molecular formula is C8H2ClF3N2O5. The Labute approximate surface area is 106 Å². The second kappa shape index (κ2) is 4.80. The zero-order chi connectivity index (χ0) is 15.0. The van der Waals surface area contributed by atoms with Crippen molar-refractivity contribution in [2.24, 2.45) is 0 Å². The van der Waals surface area contributed by atoms with E-state index in [4.69, 9.17) is 11.6 Å². The highest BCUT2D eigenvalue weighted by atomic mass is 35.5. The Morgan fingerprint density at radius 1 is 1.16 bits per heavy atom. The summed E-state index contributed by atoms with van der Waals surface area (Å²) in [5, 5.41) is 20.1. The molecule has 0 N–H and O–H groups in total. The molecule has 0 unspecified atom stereocenters. The van der Waals surface area contributed by atoms with Crippen LogP contribution in [-0.2, 0) is 0 Å². The number of carbonyl (C=O) groups excluding carboxylic acids is 1. The van der Waals surface area contributed by atoms with Crippen LogP contribution in [0.4, 0.5) is 24.5 Å². The summed E-state index contributed by atoms with van der Waals surface area (Å²) in [6.07, 6.45) is -5.41. The number of benzene rings is 1. The third kappa shape index (κ3) is 2.96. The highest BCUT2D eigenvalue weighted by Crippen LogP contribution is 2.36. The Morgan fingerprint density at radius 3 is 2.05 bits per heavy atom. The molecule has 0 saturated heterocycles. The van der Waals surface area contributed by atoms with Crippen molar-refractivity contribution in [2.75, 3.05) is 0 Å². The molecule has 1 aromatic rings. The van der Waals surface area contributed by atoms with Crippen molar-refractivity contribution >= 4 is 28.8 Å². The number of hydrogen-bond donors (Lipinski definition) is 0. The van der Waals surface area contributed by atoms with E-state index in [9.17, 15) is 38.2 Å². The third-order valence-corrected chi connectivity index (χ3v) is 2.23. The van der Waals surface area contributed by atoms with Crippen molar-refractivity contribution in [1.29, 1.82) is 0 Å². The van der Waals surface area contributed by atoms with Crippen molar-refractivity contribution in [3.05, 3.63) is 42.9 Å². The van der Waals surface area contributed by atoms with Crippen LogP contribution < -0.4 is 0 Å². The van der Waals surface area contributed by atoms with E-state index in [1.54, 1.807) is 0 Å². The summed E-state index contributed by atoms with van der Waals surface area (Å²) in [5.74, 6) is -2.58. The van der Waals surface area contributed by atoms with Gasteiger partial charge in [-0.3, -0.25) is 25.0 Å². The lowest BCUT2D eigenvalue weighted by Crippen LogP contribution is -2.24. The molecule has 0 saturated carbocycles. The number of hydrogen-bond acceptors (Lipinski definition) is 5. The molecule has 1 aromatic carbocycles. The second-order valence-corrected chi connectivity index (χ2v) is 3.57. The van der Waals surface area contributed by atoms with Crippen LogP contribution in [0.15, 0.2) is 12.1 Å². The van der Waals surface area contributed by atoms with Crippen LogP contribution in [0.25, 0.3) is 0 Å². The second-order valence-electron chi connectivity index (χ2n) is 3.16. The first-order valence-electron chi connectivity index (χ1n) is 4.29. The predicted molar refractivity (Wildman–Crippen MR) is 55.1 cm³/mol. The summed E-state index contributed by atoms with van der Waals surface area (Å²) in [5.41, 5.74) is -3.76. The van der Waals surface area contributed by atoms with Crippen molar-refractivity contribution in [2.45, 2.75) is 6.18 Å². The monoisotopic (exact) mass is 298 g/mol. The van der Waals surface area contributed by atoms with Crippen LogP contribution >= 0.6 is 11.6 Å². The Balaban J connectivity index is 3.63. The standard InChI is InChI=1S/C8H2ClF3N2O5/c9-5-2-3(13(16)17)1-4(6(5)14(18)19)7(15)8(10,11)12/h1-2H. The molecule has 0 amide bonds. The Bertz CT molecular complexity index is 586. The molecule has 0 aliphatic heterocycles. The van der Waals surface area contributed by atoms with E-state index in [1.807, 2.05) is 0 Å². The van der Waals surface area contributed by atoms with Gasteiger partial charge in [-0.05, 0) is 0 Å². The SMILES string of the molecule is O=C(c1cc([N+](=O)[O-])cc(Cl)c1[N+](=O)[O-])C(F)(F)F. The number of nitro groups is 2. The van der Waals surface area contributed by atoms with Gasteiger partial charge in [0.15, 0.2) is 0 Å². The van der Waals surface area contributed by atoms with Crippen molar-refractivity contribution in [1.82, 2.24) is 0 Å². The topological polar surface area (TPSA) is 103 Å². The molecule has 19 heavy (non-hydrogen) atoms. The van der Waals surface area contributed by atoms with Crippen LogP contribution in [0, 0.1) is 20.2 Å². The van der Waals surface area contributed by atoms with Gasteiger partial charge < -0.3 is 0 Å². The largest absolute Gasteiger partial charge is 0.455 e. The summed E-state index contributed by atoms with van der Waals surface area (Å²) < 4.78 is 36.8. The zero-order valence-electron chi connectivity index (χ0n) is 8.60. The number of ketones is 1. The molecule has 0 bridgehead atoms. The van der Waals surface area contributed by atoms with Gasteiger partial charge in [-0.15, -0.1) is 0 Å². The van der Waals surface area contributed by atoms with Gasteiger partial charge in [0.2, 0.25) is 0 Å². The number of alkyl halides is 3. The molecule has 0 fully saturated rings. The lowest BCUT2D eigenvalue weighted by atomic mass is 10.1. The summed E-state index contributed by atoms with van der Waals surface area (Å²) in [4.78, 5) is 29.6. The molecule has 0 aliphatic carbocycles. The minimum absolute atomic E-state index is 0.167. The third-order valence-electron chi connectivity index (χ3n) is 1.94. The molecule has 1 rings (SSSR count). The number of nitro benzene ring substituents is 2. The van der Waals surface area contributed by atoms with Crippen LogP contribution in [0.3, 0.4) is 0 Å². The molecule has 102 valence electrons. The number of carbonyl (C=O) groups is 1. The van der Waals surface area contributed by atoms with Crippen LogP contribution in [0.5, 0.6) is 0 Å². The van der Waals surface area contributed by atoms with Gasteiger partial charge in [0.25, 0.3) is 17.2 Å². The number of nitrogens with zero attached hydrogens (tertiary/aromatic N) is 2. The zero-order valence-corrected chi connectivity index (χ0v) is 9.36. The number of rotatable bonds is 3. The summed E-state index contributed by atoms with van der Waals surface area (Å²) in [7, 11) is 0. The van der Waals surface area contributed by atoms with Crippen LogP contribution in [-0.4, -0.2) is 21.8 Å². The fourth-order valence-electron chi connectivity index (χ4n) is 1.20. The first-order chi connectivity index (χ1) is 8.55. The van der Waals surface area contributed by atoms with Crippen molar-refractivity contribution in [3.8, 4) is 0 Å². The molecule has 0 atom stereocenters. The maximum Gasteiger partial charge on any atom is 0.455 e. The fourth-order valence-corrected chi connectivity index (χ4v) is 1.48. The Kier molecular flexibility index (Phi) is 3.75. The van der Waals surface area contributed by atoms with Gasteiger partial charge in [0.05, 0.1) is 9.85 Å². The lowest BCUT2D eigenvalue weighted by molar-refractivity contribution is -0.389. The van der Waals surface area contributed by atoms with E-state index in [1.165, 1.54) is 0 Å². The Hall–Kier alpha value is -2.23. The van der Waals surface area contributed by atoms with Gasteiger partial charge in [-0.2, -0.15) is 13.2 Å². The quantitative estimate of drug-likeness (QED) is 0.485. The molecule has 0 spiro atoms. The summed E-state index contributed by atoms with van der Waals surface area (Å²) >= 11 is 5.30. The smallest absolute Gasteiger partial charge is 0.284 e. The number of Topliss-reactive ketones (excluding diaryl/α,β-unsaturated/α-hetero) is 1. The molecular weight excluding hydrogens is 297 g/mol. The van der Waals surface area contributed by atoms with Gasteiger partial charge in [-0.1, -0.05) is 11.6 Å². The fraction of sp³-hybridized carbons (Fsp3) is 0.125. The number of non-ortho nitro benzene ring substituents is 1. The summed E-state index contributed by atoms with van der Waals surface area (Å²) in [6, 6.07) is 0.659. The molecule has 0 radical (unpaired) electrons. The maximum atomic E-state index is 12.3. The van der Waals surface area contributed by atoms with E-state index >= 15 is 0 Å². The highest BCUT2D eigenvalue weighted by molar-refractivity contribution is 6.33. The molecule has 7 nitrogen and oxygen atoms in total. The average Bonchev–Trinajstić information content (AvgIpc) is 2.24. The van der Waals surface area contributed by atoms with Crippen LogP contribution in [0.1, 0.15) is 10.4 Å². The number of halogens is 4. The lowest BCUT2D eigenvalue weighted by Gasteiger charge is -2.06. The molecule has 0 heterocycles. The van der Waals surface area contributed by atoms with Crippen LogP contribution in [0.2, 0.25) is 5.02 Å². The van der Waals surface area contributed by atoms with Crippen molar-refractivity contribution in [3.63, 3.8) is 0 Å². The normalized spacial score (nSPS) is 11.2. The van der Waals surface area contributed by atoms with Crippen molar-refractivity contribution < 1.29 is 27.8 Å². The average molecular weight is 299 g/mol. The predicted octanol–water partition coefficient (Wildman–Crippen LogP) is 2.90. The van der Waals surface area contributed by atoms with Gasteiger partial charge in [0, 0.05) is 12.1 Å².